The zero-order valence-electron chi connectivity index (χ0n) is 17.7. The lowest BCUT2D eigenvalue weighted by Crippen LogP contribution is -2.13. The van der Waals surface area contributed by atoms with Gasteiger partial charge in [0, 0.05) is 33.6 Å². The Labute approximate surface area is 183 Å². The van der Waals surface area contributed by atoms with Gasteiger partial charge in [0.2, 0.25) is 18.5 Å². The van der Waals surface area contributed by atoms with Crippen LogP contribution in [-0.4, -0.2) is 33.7 Å². The number of carbonyl (C=O) groups excluding carboxylic acids is 1. The zero-order chi connectivity index (χ0) is 21.7. The predicted octanol–water partition coefficient (Wildman–Crippen LogP) is 4.71. The van der Waals surface area contributed by atoms with E-state index in [0.29, 0.717) is 17.2 Å². The number of carbonyl (C=O) groups is 1. The Morgan fingerprint density at radius 3 is 2.77 bits per heavy atom. The van der Waals surface area contributed by atoms with E-state index in [1.807, 2.05) is 56.5 Å². The second kappa shape index (κ2) is 7.39. The summed E-state index contributed by atoms with van der Waals surface area (Å²) in [5, 5.41) is 0.878. The Morgan fingerprint density at radius 1 is 1.13 bits per heavy atom. The van der Waals surface area contributed by atoms with E-state index < -0.39 is 0 Å². The molecule has 0 N–H and O–H groups in total. The third-order valence-electron chi connectivity index (χ3n) is 5.62. The summed E-state index contributed by atoms with van der Waals surface area (Å²) in [6.45, 7) is 8.10. The normalized spacial score (nSPS) is 12.5. The summed E-state index contributed by atoms with van der Waals surface area (Å²) < 4.78 is 18.8. The largest absolute Gasteiger partial charge is 0.469 e. The van der Waals surface area contributed by atoms with Crippen LogP contribution < -0.4 is 14.2 Å². The minimum Gasteiger partial charge on any atom is -0.469 e. The number of ketones is 1. The molecular formula is C23H21N3O4S. The van der Waals surface area contributed by atoms with Crippen molar-refractivity contribution in [2.45, 2.75) is 27.7 Å². The van der Waals surface area contributed by atoms with Gasteiger partial charge in [-0.15, -0.1) is 11.3 Å². The average Bonchev–Trinajstić information content (AvgIpc) is 3.42. The summed E-state index contributed by atoms with van der Waals surface area (Å²) in [6, 6.07) is 7.65. The van der Waals surface area contributed by atoms with Crippen molar-refractivity contribution in [2.24, 2.45) is 0 Å². The lowest BCUT2D eigenvalue weighted by molar-refractivity contribution is 0.0918. The van der Waals surface area contributed by atoms with Gasteiger partial charge in [-0.25, -0.2) is 9.97 Å². The van der Waals surface area contributed by atoms with Crippen LogP contribution in [0.15, 0.2) is 30.6 Å². The van der Waals surface area contributed by atoms with Gasteiger partial charge in [-0.1, -0.05) is 0 Å². The Morgan fingerprint density at radius 2 is 1.94 bits per heavy atom. The molecule has 0 fully saturated rings. The van der Waals surface area contributed by atoms with Crippen LogP contribution in [0, 0.1) is 27.7 Å². The average molecular weight is 436 g/mol. The maximum Gasteiger partial charge on any atom is 0.231 e. The minimum atomic E-state index is -0.100. The first-order valence-corrected chi connectivity index (χ1v) is 10.7. The molecule has 4 heterocycles. The number of hydrogen-bond donors (Lipinski definition) is 0. The topological polar surface area (TPSA) is 75.5 Å². The van der Waals surface area contributed by atoms with E-state index in [1.54, 1.807) is 11.3 Å². The van der Waals surface area contributed by atoms with Gasteiger partial charge >= 0.3 is 0 Å². The molecule has 31 heavy (non-hydrogen) atoms. The van der Waals surface area contributed by atoms with E-state index >= 15 is 0 Å². The number of rotatable bonds is 5. The summed E-state index contributed by atoms with van der Waals surface area (Å²) in [7, 11) is 0. The summed E-state index contributed by atoms with van der Waals surface area (Å²) in [5.41, 5.74) is 4.43. The van der Waals surface area contributed by atoms with Gasteiger partial charge in [0.25, 0.3) is 0 Å². The monoisotopic (exact) mass is 435 g/mol. The lowest BCUT2D eigenvalue weighted by Gasteiger charge is -2.11. The Balaban J connectivity index is 1.42. The molecule has 0 amide bonds. The molecule has 0 aliphatic carbocycles. The highest BCUT2D eigenvalue weighted by Crippen LogP contribution is 2.35. The van der Waals surface area contributed by atoms with Crippen molar-refractivity contribution in [2.75, 3.05) is 13.4 Å². The number of ether oxygens (including phenoxy) is 3. The Hall–Kier alpha value is -3.39. The maximum atomic E-state index is 13.0. The summed E-state index contributed by atoms with van der Waals surface area (Å²) in [6.07, 6.45) is 1.48. The third kappa shape index (κ3) is 3.23. The van der Waals surface area contributed by atoms with Gasteiger partial charge in [0.1, 0.15) is 11.2 Å². The van der Waals surface area contributed by atoms with Crippen LogP contribution in [0.2, 0.25) is 0 Å². The number of hydrogen-bond acceptors (Lipinski definition) is 7. The van der Waals surface area contributed by atoms with E-state index in [0.717, 1.165) is 38.6 Å². The van der Waals surface area contributed by atoms with Gasteiger partial charge < -0.3 is 18.8 Å². The van der Waals surface area contributed by atoms with Crippen LogP contribution >= 0.6 is 11.3 Å². The molecule has 0 atom stereocenters. The molecule has 4 aromatic rings. The van der Waals surface area contributed by atoms with Crippen molar-refractivity contribution in [3.63, 3.8) is 0 Å². The molecule has 8 heteroatoms. The highest BCUT2D eigenvalue weighted by Gasteiger charge is 2.21. The van der Waals surface area contributed by atoms with Crippen LogP contribution in [0.5, 0.6) is 17.4 Å². The second-order valence-electron chi connectivity index (χ2n) is 7.51. The fraction of sp³-hybridized carbons (Fsp3) is 0.261. The molecule has 0 spiro atoms. The Bertz CT molecular complexity index is 1340. The van der Waals surface area contributed by atoms with E-state index in [1.165, 1.54) is 11.2 Å². The molecule has 1 aromatic carbocycles. The van der Waals surface area contributed by atoms with Crippen LogP contribution in [-0.2, 0) is 0 Å². The molecule has 3 aromatic heterocycles. The predicted molar refractivity (Wildman–Crippen MR) is 118 cm³/mol. The highest BCUT2D eigenvalue weighted by molar-refractivity contribution is 7.18. The molecule has 0 radical (unpaired) electrons. The number of aromatic nitrogens is 3. The van der Waals surface area contributed by atoms with E-state index in [-0.39, 0.29) is 19.2 Å². The van der Waals surface area contributed by atoms with Gasteiger partial charge in [0.15, 0.2) is 18.1 Å². The van der Waals surface area contributed by atoms with E-state index in [9.17, 15) is 4.79 Å². The molecule has 0 unspecified atom stereocenters. The van der Waals surface area contributed by atoms with Gasteiger partial charge in [-0.05, 0) is 51.5 Å². The second-order valence-corrected chi connectivity index (χ2v) is 8.72. The van der Waals surface area contributed by atoms with Crippen molar-refractivity contribution >= 4 is 27.3 Å². The van der Waals surface area contributed by atoms with E-state index in [2.05, 4.69) is 9.97 Å². The number of fused-ring (bicyclic) bond motifs is 2. The van der Waals surface area contributed by atoms with Crippen molar-refractivity contribution < 1.29 is 19.0 Å². The number of thiophene rings is 1. The van der Waals surface area contributed by atoms with Crippen molar-refractivity contribution in [3.05, 3.63) is 58.0 Å². The lowest BCUT2D eigenvalue weighted by atomic mass is 10.1. The first-order chi connectivity index (χ1) is 14.9. The molecule has 0 saturated carbocycles. The first kappa shape index (κ1) is 19.6. The van der Waals surface area contributed by atoms with Crippen molar-refractivity contribution in [3.8, 4) is 23.1 Å². The molecule has 1 aliphatic heterocycles. The van der Waals surface area contributed by atoms with Crippen LogP contribution in [0.3, 0.4) is 0 Å². The standard InChI is InChI=1S/C23H21N3O4S/c1-12-7-17(14(3)26(12)16-5-6-19-20(8-16)30-11-29-19)18(27)9-28-22-21-13(2)15(4)31-23(21)25-10-24-22/h5-8,10H,9,11H2,1-4H3. The highest BCUT2D eigenvalue weighted by atomic mass is 32.1. The summed E-state index contributed by atoms with van der Waals surface area (Å²) in [4.78, 5) is 23.6. The molecule has 158 valence electrons. The fourth-order valence-electron chi connectivity index (χ4n) is 3.94. The quantitative estimate of drug-likeness (QED) is 0.423. The Kier molecular flexibility index (Phi) is 4.66. The fourth-order valence-corrected chi connectivity index (χ4v) is 4.93. The van der Waals surface area contributed by atoms with Gasteiger partial charge in [0.05, 0.1) is 5.39 Å². The maximum absolute atomic E-state index is 13.0. The first-order valence-electron chi connectivity index (χ1n) is 9.89. The number of Topliss-reactive ketones (excluding diaryl/α,β-unsaturated/α-hetero) is 1. The number of aryl methyl sites for hydroxylation is 3. The van der Waals surface area contributed by atoms with Crippen LogP contribution in [0.4, 0.5) is 0 Å². The van der Waals surface area contributed by atoms with Crippen LogP contribution in [0.25, 0.3) is 15.9 Å². The molecule has 1 aliphatic rings. The molecule has 7 nitrogen and oxygen atoms in total. The third-order valence-corrected chi connectivity index (χ3v) is 6.73. The van der Waals surface area contributed by atoms with Crippen molar-refractivity contribution in [1.29, 1.82) is 0 Å². The smallest absolute Gasteiger partial charge is 0.231 e. The molecule has 5 rings (SSSR count). The number of nitrogens with zero attached hydrogens (tertiary/aromatic N) is 3. The molecule has 0 bridgehead atoms. The van der Waals surface area contributed by atoms with E-state index in [4.69, 9.17) is 14.2 Å². The minimum absolute atomic E-state index is 0.0914. The summed E-state index contributed by atoms with van der Waals surface area (Å²) >= 11 is 1.60. The van der Waals surface area contributed by atoms with Crippen LogP contribution in [0.1, 0.15) is 32.2 Å². The number of benzene rings is 1. The molecule has 0 saturated heterocycles. The van der Waals surface area contributed by atoms with Gasteiger partial charge in [-0.2, -0.15) is 0 Å². The van der Waals surface area contributed by atoms with Crippen molar-refractivity contribution in [1.82, 2.24) is 14.5 Å². The zero-order valence-corrected chi connectivity index (χ0v) is 18.5. The molecular weight excluding hydrogens is 414 g/mol. The SMILES string of the molecule is Cc1sc2ncnc(OCC(=O)c3cc(C)n(-c4ccc5c(c4)OCO5)c3C)c2c1C. The summed E-state index contributed by atoms with van der Waals surface area (Å²) in [5.74, 6) is 1.78. The van der Waals surface area contributed by atoms with Gasteiger partial charge in [-0.3, -0.25) is 4.79 Å².